The second kappa shape index (κ2) is 10.1. The fourth-order valence-corrected chi connectivity index (χ4v) is 3.63. The molecule has 3 aromatic carbocycles. The number of nitrogens with one attached hydrogen (secondary N) is 2. The fraction of sp³-hybridized carbons (Fsp3) is 0.130. The molecule has 0 aliphatic heterocycles. The molecule has 6 heteroatoms. The van der Waals surface area contributed by atoms with E-state index in [0.717, 1.165) is 21.8 Å². The topological polar surface area (TPSA) is 58.2 Å². The zero-order chi connectivity index (χ0) is 20.6. The summed E-state index contributed by atoms with van der Waals surface area (Å²) in [6.45, 7) is 1.87. The van der Waals surface area contributed by atoms with Crippen molar-refractivity contribution < 1.29 is 9.59 Å². The lowest BCUT2D eigenvalue weighted by Gasteiger charge is -2.12. The third-order valence-electron chi connectivity index (χ3n) is 4.14. The second-order valence-electron chi connectivity index (χ2n) is 6.49. The smallest absolute Gasteiger partial charge is 0.237 e. The number of carbonyl (C=O) groups excluding carboxylic acids is 2. The second-order valence-corrected chi connectivity index (χ2v) is 8.34. The molecule has 0 radical (unpaired) electrons. The minimum Gasteiger partial charge on any atom is -0.326 e. The number of rotatable bonds is 7. The average Bonchev–Trinajstić information content (AvgIpc) is 2.72. The first kappa shape index (κ1) is 21.0. The quantitative estimate of drug-likeness (QED) is 0.482. The normalized spacial score (nSPS) is 11.5. The Hall–Kier alpha value is -2.76. The Balaban J connectivity index is 1.50. The minimum absolute atomic E-state index is 0.0541. The van der Waals surface area contributed by atoms with E-state index in [0.29, 0.717) is 5.02 Å². The number of carbonyl (C=O) groups is 2. The lowest BCUT2D eigenvalue weighted by atomic mass is 10.1. The third kappa shape index (κ3) is 6.66. The van der Waals surface area contributed by atoms with Crippen LogP contribution in [0.15, 0.2) is 83.8 Å². The summed E-state index contributed by atoms with van der Waals surface area (Å²) >= 11 is 7.33. The standard InChI is InChI=1S/C23H21ClN2O2S/c1-16(23(28)26-19-5-3-2-4-6-19)29-21-13-11-20(12-14-21)25-22(27)15-17-7-9-18(24)10-8-17/h2-14,16H,15H2,1H3,(H,25,27)(H,26,28). The number of amides is 2. The first-order valence-corrected chi connectivity index (χ1v) is 10.4. The van der Waals surface area contributed by atoms with Crippen molar-refractivity contribution >= 4 is 46.6 Å². The highest BCUT2D eigenvalue weighted by atomic mass is 35.5. The van der Waals surface area contributed by atoms with Crippen LogP contribution in [-0.4, -0.2) is 17.1 Å². The Morgan fingerprint density at radius 3 is 2.14 bits per heavy atom. The molecule has 3 aromatic rings. The molecular formula is C23H21ClN2O2S. The molecule has 0 heterocycles. The molecule has 29 heavy (non-hydrogen) atoms. The van der Waals surface area contributed by atoms with Gasteiger partial charge in [-0.25, -0.2) is 0 Å². The number of hydrogen-bond acceptors (Lipinski definition) is 3. The summed E-state index contributed by atoms with van der Waals surface area (Å²) in [6, 6.07) is 24.1. The molecule has 0 saturated carbocycles. The molecule has 148 valence electrons. The molecule has 1 unspecified atom stereocenters. The van der Waals surface area contributed by atoms with Crippen LogP contribution in [0, 0.1) is 0 Å². The van der Waals surface area contributed by atoms with Crippen molar-refractivity contribution in [3.8, 4) is 0 Å². The van der Waals surface area contributed by atoms with Crippen molar-refractivity contribution in [3.63, 3.8) is 0 Å². The molecule has 2 N–H and O–H groups in total. The van der Waals surface area contributed by atoms with E-state index in [-0.39, 0.29) is 23.5 Å². The van der Waals surface area contributed by atoms with Crippen LogP contribution in [0.3, 0.4) is 0 Å². The molecule has 0 aliphatic carbocycles. The van der Waals surface area contributed by atoms with E-state index in [1.165, 1.54) is 11.8 Å². The largest absolute Gasteiger partial charge is 0.326 e. The molecule has 0 bridgehead atoms. The molecule has 0 spiro atoms. The van der Waals surface area contributed by atoms with Crippen molar-refractivity contribution in [2.75, 3.05) is 10.6 Å². The maximum Gasteiger partial charge on any atom is 0.237 e. The monoisotopic (exact) mass is 424 g/mol. The van der Waals surface area contributed by atoms with Gasteiger partial charge < -0.3 is 10.6 Å². The minimum atomic E-state index is -0.249. The number of anilines is 2. The summed E-state index contributed by atoms with van der Waals surface area (Å²) in [5.74, 6) is -0.148. The van der Waals surface area contributed by atoms with Crippen LogP contribution in [-0.2, 0) is 16.0 Å². The summed E-state index contributed by atoms with van der Waals surface area (Å²) in [6.07, 6.45) is 0.282. The Kier molecular flexibility index (Phi) is 7.33. The van der Waals surface area contributed by atoms with Gasteiger partial charge in [0, 0.05) is 21.3 Å². The van der Waals surface area contributed by atoms with Gasteiger partial charge in [0.15, 0.2) is 0 Å². The predicted molar refractivity (Wildman–Crippen MR) is 121 cm³/mol. The van der Waals surface area contributed by atoms with Gasteiger partial charge in [-0.05, 0) is 61.0 Å². The Morgan fingerprint density at radius 1 is 0.862 bits per heavy atom. The zero-order valence-electron chi connectivity index (χ0n) is 15.9. The maximum absolute atomic E-state index is 12.3. The molecular weight excluding hydrogens is 404 g/mol. The lowest BCUT2D eigenvalue weighted by Crippen LogP contribution is -2.22. The fourth-order valence-electron chi connectivity index (χ4n) is 2.63. The first-order valence-electron chi connectivity index (χ1n) is 9.16. The van der Waals surface area contributed by atoms with E-state index in [2.05, 4.69) is 10.6 Å². The van der Waals surface area contributed by atoms with Crippen molar-refractivity contribution in [2.45, 2.75) is 23.5 Å². The highest BCUT2D eigenvalue weighted by molar-refractivity contribution is 8.00. The predicted octanol–water partition coefficient (Wildman–Crippen LogP) is 5.64. The van der Waals surface area contributed by atoms with Crippen molar-refractivity contribution in [1.82, 2.24) is 0 Å². The van der Waals surface area contributed by atoms with Gasteiger partial charge in [0.2, 0.25) is 11.8 Å². The van der Waals surface area contributed by atoms with Crippen LogP contribution in [0.2, 0.25) is 5.02 Å². The van der Waals surface area contributed by atoms with Crippen LogP contribution in [0.1, 0.15) is 12.5 Å². The van der Waals surface area contributed by atoms with Crippen LogP contribution in [0.5, 0.6) is 0 Å². The van der Waals surface area contributed by atoms with Gasteiger partial charge in [-0.1, -0.05) is 41.9 Å². The van der Waals surface area contributed by atoms with Gasteiger partial charge >= 0.3 is 0 Å². The zero-order valence-corrected chi connectivity index (χ0v) is 17.5. The highest BCUT2D eigenvalue weighted by Gasteiger charge is 2.14. The van der Waals surface area contributed by atoms with E-state index >= 15 is 0 Å². The van der Waals surface area contributed by atoms with Gasteiger partial charge in [-0.3, -0.25) is 9.59 Å². The van der Waals surface area contributed by atoms with Crippen LogP contribution < -0.4 is 10.6 Å². The van der Waals surface area contributed by atoms with Crippen molar-refractivity contribution in [3.05, 3.63) is 89.4 Å². The molecule has 0 saturated heterocycles. The Morgan fingerprint density at radius 2 is 1.48 bits per heavy atom. The maximum atomic E-state index is 12.3. The number of para-hydroxylation sites is 1. The van der Waals surface area contributed by atoms with E-state index in [9.17, 15) is 9.59 Å². The molecule has 0 aliphatic rings. The molecule has 1 atom stereocenters. The van der Waals surface area contributed by atoms with Crippen molar-refractivity contribution in [2.24, 2.45) is 0 Å². The summed E-state index contributed by atoms with van der Waals surface area (Å²) in [5.41, 5.74) is 2.40. The molecule has 0 aromatic heterocycles. The number of halogens is 1. The molecule has 4 nitrogen and oxygen atoms in total. The number of hydrogen-bond donors (Lipinski definition) is 2. The van der Waals surface area contributed by atoms with Crippen LogP contribution >= 0.6 is 23.4 Å². The Bertz CT molecular complexity index is 960. The SMILES string of the molecule is CC(Sc1ccc(NC(=O)Cc2ccc(Cl)cc2)cc1)C(=O)Nc1ccccc1. The van der Waals surface area contributed by atoms with Crippen molar-refractivity contribution in [1.29, 1.82) is 0 Å². The van der Waals surface area contributed by atoms with Gasteiger partial charge in [0.1, 0.15) is 0 Å². The lowest BCUT2D eigenvalue weighted by molar-refractivity contribution is -0.116. The summed E-state index contributed by atoms with van der Waals surface area (Å²) < 4.78 is 0. The number of benzene rings is 3. The molecule has 3 rings (SSSR count). The van der Waals surface area contributed by atoms with E-state index in [4.69, 9.17) is 11.6 Å². The van der Waals surface area contributed by atoms with Gasteiger partial charge in [-0.2, -0.15) is 0 Å². The highest BCUT2D eigenvalue weighted by Crippen LogP contribution is 2.25. The average molecular weight is 425 g/mol. The summed E-state index contributed by atoms with van der Waals surface area (Å²) in [7, 11) is 0. The molecule has 0 fully saturated rings. The van der Waals surface area contributed by atoms with E-state index in [1.54, 1.807) is 12.1 Å². The Labute approximate surface area is 179 Å². The summed E-state index contributed by atoms with van der Waals surface area (Å²) in [5, 5.41) is 6.18. The third-order valence-corrected chi connectivity index (χ3v) is 5.50. The van der Waals surface area contributed by atoms with E-state index < -0.39 is 0 Å². The van der Waals surface area contributed by atoms with Gasteiger partial charge in [-0.15, -0.1) is 11.8 Å². The first-order chi connectivity index (χ1) is 14.0. The number of thioether (sulfide) groups is 1. The molecule has 2 amide bonds. The van der Waals surface area contributed by atoms with Crippen LogP contribution in [0.25, 0.3) is 0 Å². The van der Waals surface area contributed by atoms with Crippen LogP contribution in [0.4, 0.5) is 11.4 Å². The van der Waals surface area contributed by atoms with Gasteiger partial charge in [0.25, 0.3) is 0 Å². The summed E-state index contributed by atoms with van der Waals surface area (Å²) in [4.78, 5) is 25.5. The van der Waals surface area contributed by atoms with Gasteiger partial charge in [0.05, 0.1) is 11.7 Å². The van der Waals surface area contributed by atoms with E-state index in [1.807, 2.05) is 73.7 Å².